The number of carbonyl (C=O) groups is 3. The second-order valence-electron chi connectivity index (χ2n) is 6.67. The first kappa shape index (κ1) is 18.4. The molecule has 0 aliphatic carbocycles. The molecule has 4 amide bonds. The summed E-state index contributed by atoms with van der Waals surface area (Å²) in [6, 6.07) is 18.8. The fourth-order valence-corrected chi connectivity index (χ4v) is 3.41. The zero-order valence-corrected chi connectivity index (χ0v) is 15.6. The molecular weight excluding hydrogens is 372 g/mol. The lowest BCUT2D eigenvalue weighted by atomic mass is 9.82. The highest BCUT2D eigenvalue weighted by Gasteiger charge is 2.54. The largest absolute Gasteiger partial charge is 0.360 e. The Balaban J connectivity index is 1.66. The number of nitrogens with one attached hydrogen (secondary N) is 2. The highest BCUT2D eigenvalue weighted by molar-refractivity contribution is 6.12. The van der Waals surface area contributed by atoms with Gasteiger partial charge < -0.3 is 15.2 Å². The maximum Gasteiger partial charge on any atom is 0.326 e. The number of nitrogens with zero attached hydrogens (tertiary/aromatic N) is 2. The van der Waals surface area contributed by atoms with Crippen molar-refractivity contribution >= 4 is 23.7 Å². The Kier molecular flexibility index (Phi) is 4.59. The monoisotopic (exact) mass is 390 g/mol. The van der Waals surface area contributed by atoms with Crippen LogP contribution < -0.4 is 10.6 Å². The average molecular weight is 390 g/mol. The van der Waals surface area contributed by atoms with E-state index in [1.807, 2.05) is 12.1 Å². The molecule has 0 radical (unpaired) electrons. The third-order valence-electron chi connectivity index (χ3n) is 4.72. The first-order chi connectivity index (χ1) is 14.0. The molecule has 2 N–H and O–H groups in total. The Morgan fingerprint density at radius 1 is 1.07 bits per heavy atom. The van der Waals surface area contributed by atoms with Gasteiger partial charge in [0.15, 0.2) is 11.4 Å². The SMILES string of the molecule is Cc1cc(NC(=O)CN2C(=O)NC(c3ccccc3)(c3ccccc3)C2=O)no1. The molecule has 29 heavy (non-hydrogen) atoms. The zero-order valence-electron chi connectivity index (χ0n) is 15.6. The number of aryl methyl sites for hydroxylation is 1. The molecule has 8 nitrogen and oxygen atoms in total. The van der Waals surface area contributed by atoms with Crippen LogP contribution in [0.15, 0.2) is 71.3 Å². The van der Waals surface area contributed by atoms with Gasteiger partial charge in [-0.3, -0.25) is 14.5 Å². The molecule has 0 unspecified atom stereocenters. The van der Waals surface area contributed by atoms with E-state index in [4.69, 9.17) is 4.52 Å². The molecule has 1 saturated heterocycles. The summed E-state index contributed by atoms with van der Waals surface area (Å²) in [5, 5.41) is 9.00. The summed E-state index contributed by atoms with van der Waals surface area (Å²) in [7, 11) is 0. The van der Waals surface area contributed by atoms with Crippen LogP contribution in [0.1, 0.15) is 16.9 Å². The first-order valence-electron chi connectivity index (χ1n) is 8.99. The van der Waals surface area contributed by atoms with Crippen molar-refractivity contribution in [3.8, 4) is 0 Å². The van der Waals surface area contributed by atoms with Crippen molar-refractivity contribution in [2.45, 2.75) is 12.5 Å². The van der Waals surface area contributed by atoms with E-state index in [2.05, 4.69) is 15.8 Å². The highest BCUT2D eigenvalue weighted by atomic mass is 16.5. The maximum absolute atomic E-state index is 13.5. The predicted molar refractivity (Wildman–Crippen MR) is 104 cm³/mol. The van der Waals surface area contributed by atoms with Crippen molar-refractivity contribution in [1.29, 1.82) is 0 Å². The molecule has 2 aromatic carbocycles. The number of anilines is 1. The number of rotatable bonds is 5. The van der Waals surface area contributed by atoms with Crippen LogP contribution in [0.5, 0.6) is 0 Å². The van der Waals surface area contributed by atoms with E-state index in [1.165, 1.54) is 0 Å². The number of carbonyl (C=O) groups excluding carboxylic acids is 3. The molecule has 0 saturated carbocycles. The summed E-state index contributed by atoms with van der Waals surface area (Å²) in [5.74, 6) is -0.329. The molecule has 1 aliphatic heterocycles. The maximum atomic E-state index is 13.5. The van der Waals surface area contributed by atoms with Crippen molar-refractivity contribution in [2.75, 3.05) is 11.9 Å². The van der Waals surface area contributed by atoms with E-state index in [9.17, 15) is 14.4 Å². The van der Waals surface area contributed by atoms with Gasteiger partial charge in [-0.2, -0.15) is 0 Å². The van der Waals surface area contributed by atoms with Gasteiger partial charge in [-0.1, -0.05) is 65.8 Å². The van der Waals surface area contributed by atoms with Crippen LogP contribution >= 0.6 is 0 Å². The van der Waals surface area contributed by atoms with Gasteiger partial charge in [0.1, 0.15) is 12.3 Å². The number of imide groups is 1. The van der Waals surface area contributed by atoms with Crippen LogP contribution in [0.2, 0.25) is 0 Å². The molecule has 1 aromatic heterocycles. The highest BCUT2D eigenvalue weighted by Crippen LogP contribution is 2.35. The molecule has 1 aliphatic rings. The smallest absolute Gasteiger partial charge is 0.326 e. The van der Waals surface area contributed by atoms with E-state index >= 15 is 0 Å². The average Bonchev–Trinajstić information content (AvgIpc) is 3.25. The minimum atomic E-state index is -1.40. The molecule has 4 rings (SSSR count). The summed E-state index contributed by atoms with van der Waals surface area (Å²) in [5.41, 5.74) is -0.177. The Labute approximate surface area is 166 Å². The lowest BCUT2D eigenvalue weighted by molar-refractivity contribution is -0.133. The summed E-state index contributed by atoms with van der Waals surface area (Å²) in [6.45, 7) is 1.24. The second kappa shape index (κ2) is 7.23. The second-order valence-corrected chi connectivity index (χ2v) is 6.67. The number of hydrogen-bond donors (Lipinski definition) is 2. The van der Waals surface area contributed by atoms with Gasteiger partial charge in [0.05, 0.1) is 0 Å². The van der Waals surface area contributed by atoms with Crippen LogP contribution in [0, 0.1) is 6.92 Å². The Morgan fingerprint density at radius 2 is 1.66 bits per heavy atom. The van der Waals surface area contributed by atoms with E-state index in [0.29, 0.717) is 16.9 Å². The molecule has 3 aromatic rings. The summed E-state index contributed by atoms with van der Waals surface area (Å²) >= 11 is 0. The molecule has 146 valence electrons. The van der Waals surface area contributed by atoms with E-state index in [1.54, 1.807) is 61.5 Å². The number of benzene rings is 2. The Morgan fingerprint density at radius 3 is 2.17 bits per heavy atom. The van der Waals surface area contributed by atoms with Gasteiger partial charge in [-0.25, -0.2) is 4.79 Å². The molecular formula is C21H18N4O4. The van der Waals surface area contributed by atoms with Gasteiger partial charge in [-0.15, -0.1) is 0 Å². The van der Waals surface area contributed by atoms with Crippen LogP contribution in [-0.2, 0) is 15.1 Å². The molecule has 1 fully saturated rings. The number of urea groups is 1. The van der Waals surface area contributed by atoms with Gasteiger partial charge in [0, 0.05) is 6.07 Å². The standard InChI is InChI=1S/C21H18N4O4/c1-14-12-17(24-29-14)22-18(26)13-25-19(27)21(23-20(25)28,15-8-4-2-5-9-15)16-10-6-3-7-11-16/h2-12H,13H2,1H3,(H,23,28)(H,22,24,26). The van der Waals surface area contributed by atoms with Crippen molar-refractivity contribution in [3.63, 3.8) is 0 Å². The first-order valence-corrected chi connectivity index (χ1v) is 8.99. The van der Waals surface area contributed by atoms with Crippen LogP contribution in [0.3, 0.4) is 0 Å². The predicted octanol–water partition coefficient (Wildman–Crippen LogP) is 2.42. The van der Waals surface area contributed by atoms with Gasteiger partial charge >= 0.3 is 6.03 Å². The van der Waals surface area contributed by atoms with Crippen molar-refractivity contribution in [3.05, 3.63) is 83.6 Å². The Bertz CT molecular complexity index is 1020. The van der Waals surface area contributed by atoms with E-state index in [-0.39, 0.29) is 5.82 Å². The lowest BCUT2D eigenvalue weighted by Gasteiger charge is -2.27. The van der Waals surface area contributed by atoms with Crippen LogP contribution in [-0.4, -0.2) is 34.4 Å². The van der Waals surface area contributed by atoms with Crippen molar-refractivity contribution in [1.82, 2.24) is 15.4 Å². The minimum Gasteiger partial charge on any atom is -0.360 e. The van der Waals surface area contributed by atoms with Crippen LogP contribution in [0.4, 0.5) is 10.6 Å². The molecule has 0 bridgehead atoms. The third-order valence-corrected chi connectivity index (χ3v) is 4.72. The van der Waals surface area contributed by atoms with E-state index in [0.717, 1.165) is 4.90 Å². The summed E-state index contributed by atoms with van der Waals surface area (Å²) in [6.07, 6.45) is 0. The fourth-order valence-electron chi connectivity index (χ4n) is 3.41. The summed E-state index contributed by atoms with van der Waals surface area (Å²) < 4.78 is 4.90. The fraction of sp³-hybridized carbons (Fsp3) is 0.143. The molecule has 0 atom stereocenters. The molecule has 0 spiro atoms. The molecule has 8 heteroatoms. The summed E-state index contributed by atoms with van der Waals surface area (Å²) in [4.78, 5) is 39.5. The van der Waals surface area contributed by atoms with Crippen molar-refractivity contribution < 1.29 is 18.9 Å². The lowest BCUT2D eigenvalue weighted by Crippen LogP contribution is -2.45. The number of aromatic nitrogens is 1. The third kappa shape index (κ3) is 3.25. The Hall–Kier alpha value is -3.94. The quantitative estimate of drug-likeness (QED) is 0.651. The topological polar surface area (TPSA) is 105 Å². The van der Waals surface area contributed by atoms with Gasteiger partial charge in [0.2, 0.25) is 5.91 Å². The van der Waals surface area contributed by atoms with Gasteiger partial charge in [0.25, 0.3) is 5.91 Å². The number of amides is 4. The van der Waals surface area contributed by atoms with E-state index < -0.39 is 29.9 Å². The van der Waals surface area contributed by atoms with Gasteiger partial charge in [-0.05, 0) is 18.1 Å². The molecule has 2 heterocycles. The van der Waals surface area contributed by atoms with Crippen molar-refractivity contribution in [2.24, 2.45) is 0 Å². The minimum absolute atomic E-state index is 0.219. The normalized spacial score (nSPS) is 15.3. The zero-order chi connectivity index (χ0) is 20.4. The number of hydrogen-bond acceptors (Lipinski definition) is 5. The van der Waals surface area contributed by atoms with Crippen LogP contribution in [0.25, 0.3) is 0 Å².